The minimum atomic E-state index is -4.46. The first-order valence-corrected chi connectivity index (χ1v) is 7.80. The molecule has 0 aliphatic heterocycles. The largest absolute Gasteiger partial charge is 0.478 e. The highest BCUT2D eigenvalue weighted by Crippen LogP contribution is 2.32. The Bertz CT molecular complexity index is 811. The van der Waals surface area contributed by atoms with Crippen LogP contribution >= 0.6 is 11.6 Å². The average Bonchev–Trinajstić information content (AvgIpc) is 2.89. The topological polar surface area (TPSA) is 55.1 Å². The van der Waals surface area contributed by atoms with Crippen LogP contribution in [0.1, 0.15) is 42.3 Å². The van der Waals surface area contributed by atoms with Crippen molar-refractivity contribution in [1.29, 1.82) is 0 Å². The molecule has 0 aliphatic rings. The summed E-state index contributed by atoms with van der Waals surface area (Å²) in [5, 5.41) is 13.1. The summed E-state index contributed by atoms with van der Waals surface area (Å²) >= 11 is 5.98. The molecule has 2 rings (SSSR count). The first kappa shape index (κ1) is 19.1. The van der Waals surface area contributed by atoms with Crippen LogP contribution in [-0.2, 0) is 17.5 Å². The van der Waals surface area contributed by atoms with E-state index in [1.165, 1.54) is 16.8 Å². The van der Waals surface area contributed by atoms with Crippen LogP contribution in [0.15, 0.2) is 30.3 Å². The smallest absolute Gasteiger partial charge is 0.416 e. The molecule has 0 radical (unpaired) electrons. The number of halogens is 4. The standard InChI is InChI=1S/C17H16ClF3N2O2/c1-10(2)15-8-13(5-6-16(24)25)23(22-15)9-11-3-4-12(7-14(11)18)17(19,20)21/h3-8,10H,9H2,1-2H3,(H,24,25)/b6-5+. The summed E-state index contributed by atoms with van der Waals surface area (Å²) in [6, 6.07) is 4.87. The molecule has 8 heteroatoms. The van der Waals surface area contributed by atoms with E-state index in [0.29, 0.717) is 11.3 Å². The lowest BCUT2D eigenvalue weighted by Gasteiger charge is -2.11. The number of hydrogen-bond donors (Lipinski definition) is 1. The zero-order valence-electron chi connectivity index (χ0n) is 13.5. The van der Waals surface area contributed by atoms with Crippen LogP contribution in [0.3, 0.4) is 0 Å². The molecule has 0 saturated carbocycles. The fourth-order valence-corrected chi connectivity index (χ4v) is 2.41. The lowest BCUT2D eigenvalue weighted by atomic mass is 10.1. The molecule has 0 spiro atoms. The molecular weight excluding hydrogens is 357 g/mol. The van der Waals surface area contributed by atoms with Gasteiger partial charge in [0, 0.05) is 11.1 Å². The van der Waals surface area contributed by atoms with Crippen LogP contribution in [0, 0.1) is 0 Å². The Hall–Kier alpha value is -2.28. The maximum absolute atomic E-state index is 12.7. The Morgan fingerprint density at radius 1 is 1.36 bits per heavy atom. The van der Waals surface area contributed by atoms with Crippen LogP contribution < -0.4 is 0 Å². The highest BCUT2D eigenvalue weighted by Gasteiger charge is 2.30. The fraction of sp³-hybridized carbons (Fsp3) is 0.294. The van der Waals surface area contributed by atoms with Crippen molar-refractivity contribution >= 4 is 23.6 Å². The van der Waals surface area contributed by atoms with Crippen molar-refractivity contribution in [2.75, 3.05) is 0 Å². The van der Waals surface area contributed by atoms with E-state index < -0.39 is 17.7 Å². The number of alkyl halides is 3. The van der Waals surface area contributed by atoms with E-state index in [9.17, 15) is 18.0 Å². The number of benzene rings is 1. The second kappa shape index (κ2) is 7.31. The Labute approximate surface area is 147 Å². The van der Waals surface area contributed by atoms with Gasteiger partial charge in [-0.15, -0.1) is 0 Å². The monoisotopic (exact) mass is 372 g/mol. The van der Waals surface area contributed by atoms with E-state index in [1.54, 1.807) is 6.07 Å². The number of hydrogen-bond acceptors (Lipinski definition) is 2. The lowest BCUT2D eigenvalue weighted by molar-refractivity contribution is -0.137. The van der Waals surface area contributed by atoms with Crippen molar-refractivity contribution in [3.63, 3.8) is 0 Å². The average molecular weight is 373 g/mol. The third-order valence-electron chi connectivity index (χ3n) is 3.52. The molecule has 25 heavy (non-hydrogen) atoms. The van der Waals surface area contributed by atoms with E-state index >= 15 is 0 Å². The minimum absolute atomic E-state index is 0.0235. The van der Waals surface area contributed by atoms with Crippen molar-refractivity contribution in [3.05, 3.63) is 57.9 Å². The fourth-order valence-electron chi connectivity index (χ4n) is 2.16. The van der Waals surface area contributed by atoms with Gasteiger partial charge in [0.25, 0.3) is 0 Å². The van der Waals surface area contributed by atoms with E-state index in [-0.39, 0.29) is 17.5 Å². The molecule has 134 valence electrons. The third kappa shape index (κ3) is 4.85. The lowest BCUT2D eigenvalue weighted by Crippen LogP contribution is -2.08. The van der Waals surface area contributed by atoms with Crippen molar-refractivity contribution in [2.45, 2.75) is 32.5 Å². The number of carboxylic acid groups (broad SMARTS) is 1. The third-order valence-corrected chi connectivity index (χ3v) is 3.87. The van der Waals surface area contributed by atoms with E-state index in [0.717, 1.165) is 23.9 Å². The van der Waals surface area contributed by atoms with Crippen LogP contribution in [0.2, 0.25) is 5.02 Å². The maximum Gasteiger partial charge on any atom is 0.416 e. The molecule has 0 aliphatic carbocycles. The summed E-state index contributed by atoms with van der Waals surface area (Å²) in [7, 11) is 0. The van der Waals surface area contributed by atoms with Gasteiger partial charge in [-0.05, 0) is 35.8 Å². The number of aliphatic carboxylic acids is 1. The molecule has 4 nitrogen and oxygen atoms in total. The van der Waals surface area contributed by atoms with Crippen LogP contribution in [0.4, 0.5) is 13.2 Å². The zero-order valence-corrected chi connectivity index (χ0v) is 14.3. The Morgan fingerprint density at radius 2 is 2.04 bits per heavy atom. The molecule has 0 unspecified atom stereocenters. The summed E-state index contributed by atoms with van der Waals surface area (Å²) < 4.78 is 39.7. The van der Waals surface area contributed by atoms with Crippen molar-refractivity contribution in [2.24, 2.45) is 0 Å². The highest BCUT2D eigenvalue weighted by molar-refractivity contribution is 6.31. The van der Waals surface area contributed by atoms with Gasteiger partial charge >= 0.3 is 12.1 Å². The number of aromatic nitrogens is 2. The van der Waals surface area contributed by atoms with Gasteiger partial charge in [0.15, 0.2) is 0 Å². The number of nitrogens with zero attached hydrogens (tertiary/aromatic N) is 2. The summed E-state index contributed by atoms with van der Waals surface area (Å²) in [5.41, 5.74) is 0.906. The van der Waals surface area contributed by atoms with Gasteiger partial charge in [-0.1, -0.05) is 31.5 Å². The minimum Gasteiger partial charge on any atom is -0.478 e. The van der Waals surface area contributed by atoms with Crippen LogP contribution in [-0.4, -0.2) is 20.9 Å². The van der Waals surface area contributed by atoms with Gasteiger partial charge in [-0.2, -0.15) is 18.3 Å². The molecule has 1 heterocycles. The SMILES string of the molecule is CC(C)c1cc(/C=C/C(=O)O)n(Cc2ccc(C(F)(F)F)cc2Cl)n1. The van der Waals surface area contributed by atoms with Gasteiger partial charge in [-0.3, -0.25) is 4.68 Å². The van der Waals surface area contributed by atoms with Crippen LogP contribution in [0.5, 0.6) is 0 Å². The number of rotatable bonds is 5. The van der Waals surface area contributed by atoms with E-state index in [1.807, 2.05) is 13.8 Å². The van der Waals surface area contributed by atoms with Crippen molar-refractivity contribution in [1.82, 2.24) is 9.78 Å². The molecular formula is C17H16ClF3N2O2. The molecule has 2 aromatic rings. The molecule has 0 amide bonds. The number of carbonyl (C=O) groups is 1. The van der Waals surface area contributed by atoms with Gasteiger partial charge in [-0.25, -0.2) is 4.79 Å². The normalized spacial score (nSPS) is 12.3. The quantitative estimate of drug-likeness (QED) is 0.765. The summed E-state index contributed by atoms with van der Waals surface area (Å²) in [6.45, 7) is 3.99. The Kier molecular flexibility index (Phi) is 5.57. The summed E-state index contributed by atoms with van der Waals surface area (Å²) in [5.74, 6) is -0.993. The van der Waals surface area contributed by atoms with Gasteiger partial charge in [0.2, 0.25) is 0 Å². The molecule has 0 bridgehead atoms. The van der Waals surface area contributed by atoms with Crippen molar-refractivity contribution in [3.8, 4) is 0 Å². The van der Waals surface area contributed by atoms with Gasteiger partial charge in [0.1, 0.15) is 0 Å². The Balaban J connectivity index is 2.37. The van der Waals surface area contributed by atoms with Crippen molar-refractivity contribution < 1.29 is 23.1 Å². The van der Waals surface area contributed by atoms with Gasteiger partial charge < -0.3 is 5.11 Å². The maximum atomic E-state index is 12.7. The van der Waals surface area contributed by atoms with E-state index in [2.05, 4.69) is 5.10 Å². The molecule has 0 atom stereocenters. The highest BCUT2D eigenvalue weighted by atomic mass is 35.5. The predicted octanol–water partition coefficient (Wildman–Crippen LogP) is 4.82. The van der Waals surface area contributed by atoms with Crippen LogP contribution in [0.25, 0.3) is 6.08 Å². The molecule has 1 aromatic carbocycles. The molecule has 1 N–H and O–H groups in total. The zero-order chi connectivity index (χ0) is 18.8. The molecule has 0 fully saturated rings. The molecule has 1 aromatic heterocycles. The molecule has 0 saturated heterocycles. The summed E-state index contributed by atoms with van der Waals surface area (Å²) in [4.78, 5) is 10.7. The number of carboxylic acids is 1. The van der Waals surface area contributed by atoms with E-state index in [4.69, 9.17) is 16.7 Å². The van der Waals surface area contributed by atoms with Gasteiger partial charge in [0.05, 0.1) is 23.5 Å². The second-order valence-corrected chi connectivity index (χ2v) is 6.19. The first-order chi connectivity index (χ1) is 11.6. The second-order valence-electron chi connectivity index (χ2n) is 5.78. The summed E-state index contributed by atoms with van der Waals surface area (Å²) in [6.07, 6.45) is -2.10. The first-order valence-electron chi connectivity index (χ1n) is 7.42. The predicted molar refractivity (Wildman–Crippen MR) is 88.5 cm³/mol. The Morgan fingerprint density at radius 3 is 2.56 bits per heavy atom.